The molecule has 1 aromatic rings. The normalized spacial score (nSPS) is 29.2. The molecule has 0 radical (unpaired) electrons. The molecule has 1 aliphatic heterocycles. The fraction of sp³-hybridized carbons (Fsp3) is 0.500. The van der Waals surface area contributed by atoms with Crippen molar-refractivity contribution in [3.05, 3.63) is 34.1 Å². The Kier molecular flexibility index (Phi) is 4.38. The van der Waals surface area contributed by atoms with E-state index in [0.717, 1.165) is 6.26 Å². The summed E-state index contributed by atoms with van der Waals surface area (Å²) in [7, 11) is -3.77. The zero-order valence-corrected chi connectivity index (χ0v) is 14.6. The quantitative estimate of drug-likeness (QED) is 0.856. The van der Waals surface area contributed by atoms with Crippen LogP contribution in [-0.2, 0) is 15.4 Å². The molecule has 0 aliphatic carbocycles. The van der Waals surface area contributed by atoms with Crippen LogP contribution in [0.3, 0.4) is 0 Å². The van der Waals surface area contributed by atoms with Crippen LogP contribution < -0.4 is 5.73 Å². The highest BCUT2D eigenvalue weighted by molar-refractivity contribution is 9.10. The number of benzene rings is 1. The number of aliphatic imine (C=N–C) groups is 1. The molecule has 22 heavy (non-hydrogen) atoms. The summed E-state index contributed by atoms with van der Waals surface area (Å²) < 4.78 is 50.3. The van der Waals surface area contributed by atoms with Gasteiger partial charge in [0.1, 0.15) is 18.3 Å². The average Bonchev–Trinajstić information content (AvgIpc) is 2.40. The minimum absolute atomic E-state index is 0.0415. The van der Waals surface area contributed by atoms with Crippen LogP contribution in [0.2, 0.25) is 0 Å². The van der Waals surface area contributed by atoms with E-state index in [1.54, 1.807) is 19.1 Å². The van der Waals surface area contributed by atoms with Crippen LogP contribution in [0, 0.1) is 5.82 Å². The highest BCUT2D eigenvalue weighted by atomic mass is 79.9. The Morgan fingerprint density at radius 1 is 1.41 bits per heavy atom. The fourth-order valence-corrected chi connectivity index (χ4v) is 4.17. The minimum Gasteiger partial charge on any atom is -0.386 e. The molecule has 8 heteroatoms. The molecule has 0 fully saturated rings. The van der Waals surface area contributed by atoms with Crippen molar-refractivity contribution >= 4 is 31.6 Å². The molecule has 2 atom stereocenters. The van der Waals surface area contributed by atoms with Crippen molar-refractivity contribution in [2.24, 2.45) is 10.7 Å². The van der Waals surface area contributed by atoms with Gasteiger partial charge in [-0.3, -0.25) is 4.99 Å². The Hall–Kier alpha value is -1.02. The van der Waals surface area contributed by atoms with Crippen molar-refractivity contribution in [2.75, 3.05) is 12.9 Å². The third-order valence-corrected chi connectivity index (χ3v) is 6.72. The molecule has 122 valence electrons. The number of amidine groups is 1. The van der Waals surface area contributed by atoms with Crippen LogP contribution in [0.1, 0.15) is 25.3 Å². The van der Waals surface area contributed by atoms with E-state index in [2.05, 4.69) is 20.9 Å². The van der Waals surface area contributed by atoms with Gasteiger partial charge < -0.3 is 5.73 Å². The molecule has 4 nitrogen and oxygen atoms in total. The Morgan fingerprint density at radius 3 is 2.55 bits per heavy atom. The maximum atomic E-state index is 14.1. The Bertz CT molecular complexity index is 738. The number of alkyl halides is 1. The summed E-state index contributed by atoms with van der Waals surface area (Å²) >= 11 is 3.27. The smallest absolute Gasteiger partial charge is 0.162 e. The lowest BCUT2D eigenvalue weighted by Crippen LogP contribution is -2.56. The molecule has 1 aliphatic rings. The number of halogens is 3. The van der Waals surface area contributed by atoms with E-state index in [4.69, 9.17) is 5.73 Å². The standard InChI is InChI=1S/C14H17BrF2N2O2S/c1-13(10-7-9(15)3-4-11(10)17)5-6-14(8-16,12(18)19-13)22(2,20)21/h3-4,7H,5-6,8H2,1-2H3,(H2,18,19)/t13-,14?/m0/s1. The summed E-state index contributed by atoms with van der Waals surface area (Å²) in [5.74, 6) is -0.764. The van der Waals surface area contributed by atoms with Gasteiger partial charge in [-0.05, 0) is 38.0 Å². The SMILES string of the molecule is C[C@@]1(c2cc(Br)ccc2F)CCC(CF)(S(C)(=O)=O)C(N)=N1. The number of nitrogens with two attached hydrogens (primary N) is 1. The Labute approximate surface area is 136 Å². The number of hydrogen-bond donors (Lipinski definition) is 1. The van der Waals surface area contributed by atoms with Crippen LogP contribution in [0.5, 0.6) is 0 Å². The molecule has 1 unspecified atom stereocenters. The second kappa shape index (κ2) is 5.56. The van der Waals surface area contributed by atoms with Crippen molar-refractivity contribution in [1.29, 1.82) is 0 Å². The summed E-state index contributed by atoms with van der Waals surface area (Å²) in [5.41, 5.74) is 5.08. The van der Waals surface area contributed by atoms with E-state index in [9.17, 15) is 17.2 Å². The molecule has 2 rings (SSSR count). The van der Waals surface area contributed by atoms with Gasteiger partial charge in [0.15, 0.2) is 14.6 Å². The lowest BCUT2D eigenvalue weighted by molar-refractivity contribution is 0.334. The lowest BCUT2D eigenvalue weighted by Gasteiger charge is -2.39. The maximum Gasteiger partial charge on any atom is 0.162 e. The van der Waals surface area contributed by atoms with Gasteiger partial charge in [0.2, 0.25) is 0 Å². The predicted molar refractivity (Wildman–Crippen MR) is 85.9 cm³/mol. The van der Waals surface area contributed by atoms with E-state index >= 15 is 0 Å². The van der Waals surface area contributed by atoms with Gasteiger partial charge >= 0.3 is 0 Å². The number of sulfone groups is 1. The average molecular weight is 395 g/mol. The largest absolute Gasteiger partial charge is 0.386 e. The maximum absolute atomic E-state index is 14.1. The first kappa shape index (κ1) is 17.3. The minimum atomic E-state index is -3.77. The molecule has 2 N–H and O–H groups in total. The monoisotopic (exact) mass is 394 g/mol. The van der Waals surface area contributed by atoms with Crippen LogP contribution in [-0.4, -0.2) is 31.9 Å². The second-order valence-corrected chi connectivity index (χ2v) is 9.04. The molecule has 1 aromatic carbocycles. The van der Waals surface area contributed by atoms with Crippen molar-refractivity contribution in [3.63, 3.8) is 0 Å². The fourth-order valence-electron chi connectivity index (χ4n) is 2.71. The molecule has 1 heterocycles. The van der Waals surface area contributed by atoms with E-state index in [1.165, 1.54) is 6.07 Å². The van der Waals surface area contributed by atoms with Gasteiger partial charge in [-0.2, -0.15) is 0 Å². The van der Waals surface area contributed by atoms with Gasteiger partial charge in [-0.1, -0.05) is 15.9 Å². The molecular weight excluding hydrogens is 378 g/mol. The molecule has 0 spiro atoms. The van der Waals surface area contributed by atoms with Gasteiger partial charge in [0.25, 0.3) is 0 Å². The summed E-state index contributed by atoms with van der Waals surface area (Å²) in [6.07, 6.45) is 1.08. The van der Waals surface area contributed by atoms with Crippen LogP contribution in [0.15, 0.2) is 27.7 Å². The molecule has 0 saturated heterocycles. The number of hydrogen-bond acceptors (Lipinski definition) is 4. The topological polar surface area (TPSA) is 72.5 Å². The highest BCUT2D eigenvalue weighted by Gasteiger charge is 2.50. The van der Waals surface area contributed by atoms with Crippen molar-refractivity contribution < 1.29 is 17.2 Å². The van der Waals surface area contributed by atoms with E-state index in [1.807, 2.05) is 0 Å². The number of rotatable bonds is 3. The highest BCUT2D eigenvalue weighted by Crippen LogP contribution is 2.42. The molecular formula is C14H17BrF2N2O2S. The van der Waals surface area contributed by atoms with E-state index in [0.29, 0.717) is 10.0 Å². The second-order valence-electron chi connectivity index (χ2n) is 5.80. The Morgan fingerprint density at radius 2 is 2.05 bits per heavy atom. The predicted octanol–water partition coefficient (Wildman–Crippen LogP) is 2.71. The van der Waals surface area contributed by atoms with Crippen molar-refractivity contribution in [1.82, 2.24) is 0 Å². The first-order chi connectivity index (χ1) is 10.1. The van der Waals surface area contributed by atoms with Crippen molar-refractivity contribution in [2.45, 2.75) is 30.1 Å². The van der Waals surface area contributed by atoms with Gasteiger partial charge in [0, 0.05) is 16.3 Å². The third kappa shape index (κ3) is 2.67. The molecule has 0 amide bonds. The summed E-state index contributed by atoms with van der Waals surface area (Å²) in [6.45, 7) is 0.521. The summed E-state index contributed by atoms with van der Waals surface area (Å²) in [6, 6.07) is 4.43. The van der Waals surface area contributed by atoms with Crippen LogP contribution in [0.25, 0.3) is 0 Å². The van der Waals surface area contributed by atoms with E-state index < -0.39 is 32.6 Å². The Balaban J connectivity index is 2.58. The van der Waals surface area contributed by atoms with Gasteiger partial charge in [-0.25, -0.2) is 17.2 Å². The molecule has 0 saturated carbocycles. The summed E-state index contributed by atoms with van der Waals surface area (Å²) in [4.78, 5) is 4.19. The third-order valence-electron chi connectivity index (χ3n) is 4.28. The lowest BCUT2D eigenvalue weighted by atomic mass is 9.81. The first-order valence-corrected chi connectivity index (χ1v) is 9.31. The van der Waals surface area contributed by atoms with E-state index in [-0.39, 0.29) is 18.7 Å². The van der Waals surface area contributed by atoms with Gasteiger partial charge in [-0.15, -0.1) is 0 Å². The van der Waals surface area contributed by atoms with Crippen LogP contribution >= 0.6 is 15.9 Å². The zero-order chi connectivity index (χ0) is 16.8. The molecule has 0 aromatic heterocycles. The first-order valence-electron chi connectivity index (χ1n) is 6.63. The van der Waals surface area contributed by atoms with Crippen LogP contribution in [0.4, 0.5) is 8.78 Å². The van der Waals surface area contributed by atoms with Gasteiger partial charge in [0.05, 0.1) is 5.54 Å². The zero-order valence-electron chi connectivity index (χ0n) is 12.2. The number of nitrogens with zero attached hydrogens (tertiary/aromatic N) is 1. The summed E-state index contributed by atoms with van der Waals surface area (Å²) in [5, 5.41) is 0. The molecule has 0 bridgehead atoms. The van der Waals surface area contributed by atoms with Crippen molar-refractivity contribution in [3.8, 4) is 0 Å².